The van der Waals surface area contributed by atoms with Crippen LogP contribution >= 0.6 is 0 Å². The van der Waals surface area contributed by atoms with Gasteiger partial charge in [0.05, 0.1) is 6.61 Å². The normalized spacial score (nSPS) is 20.9. The van der Waals surface area contributed by atoms with E-state index in [1.54, 1.807) is 19.4 Å². The lowest BCUT2D eigenvalue weighted by atomic mass is 9.88. The minimum Gasteiger partial charge on any atom is -0.383 e. The van der Waals surface area contributed by atoms with E-state index in [0.717, 1.165) is 18.2 Å². The molecule has 126 valence electrons. The van der Waals surface area contributed by atoms with Crippen LogP contribution in [0.3, 0.4) is 0 Å². The lowest BCUT2D eigenvalue weighted by molar-refractivity contribution is 0.190. The topological polar surface area (TPSA) is 122 Å². The van der Waals surface area contributed by atoms with Gasteiger partial charge in [-0.15, -0.1) is 0 Å². The number of rotatable bonds is 6. The molecule has 0 aliphatic heterocycles. The van der Waals surface area contributed by atoms with Gasteiger partial charge in [-0.1, -0.05) is 0 Å². The van der Waals surface area contributed by atoms with Crippen LogP contribution in [0.2, 0.25) is 0 Å². The summed E-state index contributed by atoms with van der Waals surface area (Å²) in [5, 5.41) is 16.5. The predicted octanol–water partition coefficient (Wildman–Crippen LogP) is 1.24. The number of nitrogens with one attached hydrogen (secondary N) is 2. The first-order chi connectivity index (χ1) is 11.6. The highest BCUT2D eigenvalue weighted by Crippen LogP contribution is 2.25. The van der Waals surface area contributed by atoms with Crippen molar-refractivity contribution in [2.45, 2.75) is 37.9 Å². The fourth-order valence-corrected chi connectivity index (χ4v) is 2.75. The van der Waals surface area contributed by atoms with E-state index in [1.165, 1.54) is 0 Å². The Morgan fingerprint density at radius 3 is 2.92 bits per heavy atom. The van der Waals surface area contributed by atoms with Crippen molar-refractivity contribution in [3.8, 4) is 6.07 Å². The fraction of sp³-hybridized carbons (Fsp3) is 0.500. The van der Waals surface area contributed by atoms with Gasteiger partial charge in [0.2, 0.25) is 5.95 Å². The Labute approximate surface area is 140 Å². The summed E-state index contributed by atoms with van der Waals surface area (Å²) >= 11 is 0. The molecule has 4 N–H and O–H groups in total. The summed E-state index contributed by atoms with van der Waals surface area (Å²) in [6.07, 6.45) is 3.55. The summed E-state index contributed by atoms with van der Waals surface area (Å²) in [5.41, 5.74) is 6.81. The van der Waals surface area contributed by atoms with Crippen molar-refractivity contribution in [1.29, 1.82) is 5.26 Å². The van der Waals surface area contributed by atoms with Crippen molar-refractivity contribution in [2.24, 2.45) is 5.73 Å². The average molecular weight is 327 g/mol. The van der Waals surface area contributed by atoms with Gasteiger partial charge in [-0.05, 0) is 25.8 Å². The van der Waals surface area contributed by atoms with Gasteiger partial charge in [0.25, 0.3) is 0 Å². The molecule has 1 aliphatic carbocycles. The van der Waals surface area contributed by atoms with E-state index in [4.69, 9.17) is 15.7 Å². The van der Waals surface area contributed by atoms with Crippen LogP contribution in [0.1, 0.15) is 25.5 Å². The number of ether oxygens (including phenoxy) is 1. The third kappa shape index (κ3) is 3.53. The lowest BCUT2D eigenvalue weighted by Gasteiger charge is -2.32. The Morgan fingerprint density at radius 1 is 1.46 bits per heavy atom. The number of hydrogen-bond donors (Lipinski definition) is 3. The van der Waals surface area contributed by atoms with Gasteiger partial charge in [0, 0.05) is 36.8 Å². The molecular weight excluding hydrogens is 306 g/mol. The molecule has 0 saturated heterocycles. The Kier molecular flexibility index (Phi) is 4.74. The molecule has 8 heteroatoms. The number of nitrogens with zero attached hydrogens (tertiary/aromatic N) is 4. The summed E-state index contributed by atoms with van der Waals surface area (Å²) in [5.74, 6) is 1.11. The molecule has 0 unspecified atom stereocenters. The standard InChI is InChI=1S/C16H21N7O/c1-9(8-24-2)20-15-14-10(3-13(6-17)21-15)7-19-16(23-14)22-12-4-11(18)5-12/h3,7,9,11-12H,4-5,8,18H2,1-2H3,(H,20,21)(H,19,22,23)/t9-,11?,12?/m1/s1. The molecule has 0 radical (unpaired) electrons. The molecule has 2 aromatic heterocycles. The number of methoxy groups -OCH3 is 1. The number of nitrogens with two attached hydrogens (primary N) is 1. The van der Waals surface area contributed by atoms with Crippen LogP contribution in [0, 0.1) is 11.3 Å². The second kappa shape index (κ2) is 6.95. The van der Waals surface area contributed by atoms with Crippen LogP contribution in [0.25, 0.3) is 10.9 Å². The fourth-order valence-electron chi connectivity index (χ4n) is 2.75. The molecule has 1 atom stereocenters. The Bertz CT molecular complexity index is 767. The zero-order valence-electron chi connectivity index (χ0n) is 13.8. The van der Waals surface area contributed by atoms with Crippen LogP contribution in [-0.2, 0) is 4.74 Å². The quantitative estimate of drug-likeness (QED) is 0.724. The third-order valence-corrected chi connectivity index (χ3v) is 3.99. The summed E-state index contributed by atoms with van der Waals surface area (Å²) in [6, 6.07) is 4.36. The molecule has 8 nitrogen and oxygen atoms in total. The largest absolute Gasteiger partial charge is 0.383 e. The van der Waals surface area contributed by atoms with Crippen LogP contribution in [-0.4, -0.2) is 46.8 Å². The van der Waals surface area contributed by atoms with Crippen molar-refractivity contribution in [1.82, 2.24) is 15.0 Å². The van der Waals surface area contributed by atoms with Crippen molar-refractivity contribution in [2.75, 3.05) is 24.4 Å². The van der Waals surface area contributed by atoms with Crippen molar-refractivity contribution in [3.63, 3.8) is 0 Å². The second-order valence-electron chi connectivity index (χ2n) is 6.17. The Balaban J connectivity index is 1.91. The Morgan fingerprint density at radius 2 is 2.25 bits per heavy atom. The van der Waals surface area contributed by atoms with Crippen molar-refractivity contribution in [3.05, 3.63) is 18.0 Å². The molecule has 1 aliphatic rings. The number of hydrogen-bond acceptors (Lipinski definition) is 8. The van der Waals surface area contributed by atoms with E-state index < -0.39 is 0 Å². The highest BCUT2D eigenvalue weighted by atomic mass is 16.5. The Hall–Kier alpha value is -2.50. The van der Waals surface area contributed by atoms with Gasteiger partial charge in [-0.2, -0.15) is 5.26 Å². The second-order valence-corrected chi connectivity index (χ2v) is 6.17. The van der Waals surface area contributed by atoms with Gasteiger partial charge in [-0.3, -0.25) is 0 Å². The van der Waals surface area contributed by atoms with Crippen LogP contribution in [0.4, 0.5) is 11.8 Å². The summed E-state index contributed by atoms with van der Waals surface area (Å²) in [4.78, 5) is 13.2. The van der Waals surface area contributed by atoms with E-state index in [-0.39, 0.29) is 12.1 Å². The van der Waals surface area contributed by atoms with E-state index in [2.05, 4.69) is 31.7 Å². The first kappa shape index (κ1) is 16.4. The smallest absolute Gasteiger partial charge is 0.223 e. The van der Waals surface area contributed by atoms with Gasteiger partial charge in [0.15, 0.2) is 5.82 Å². The SMILES string of the molecule is COC[C@@H](C)Nc1nc(C#N)cc2cnc(NC3CC(N)C3)nc12. The maximum absolute atomic E-state index is 9.17. The van der Waals surface area contributed by atoms with Gasteiger partial charge in [-0.25, -0.2) is 15.0 Å². The van der Waals surface area contributed by atoms with E-state index in [0.29, 0.717) is 35.6 Å². The summed E-state index contributed by atoms with van der Waals surface area (Å²) < 4.78 is 5.14. The minimum atomic E-state index is 0.0376. The lowest BCUT2D eigenvalue weighted by Crippen LogP contribution is -2.44. The molecule has 1 fully saturated rings. The molecule has 24 heavy (non-hydrogen) atoms. The van der Waals surface area contributed by atoms with Gasteiger partial charge >= 0.3 is 0 Å². The first-order valence-corrected chi connectivity index (χ1v) is 7.94. The third-order valence-electron chi connectivity index (χ3n) is 3.99. The maximum atomic E-state index is 9.17. The predicted molar refractivity (Wildman–Crippen MR) is 91.6 cm³/mol. The monoisotopic (exact) mass is 327 g/mol. The van der Waals surface area contributed by atoms with Crippen molar-refractivity contribution >= 4 is 22.7 Å². The molecule has 0 amide bonds. The molecule has 0 aromatic carbocycles. The van der Waals surface area contributed by atoms with Crippen LogP contribution < -0.4 is 16.4 Å². The maximum Gasteiger partial charge on any atom is 0.223 e. The molecular formula is C16H21N7O. The molecule has 0 bridgehead atoms. The number of aromatic nitrogens is 3. The van der Waals surface area contributed by atoms with Gasteiger partial charge < -0.3 is 21.1 Å². The minimum absolute atomic E-state index is 0.0376. The number of anilines is 2. The zero-order valence-corrected chi connectivity index (χ0v) is 13.8. The average Bonchev–Trinajstić information content (AvgIpc) is 2.53. The molecule has 1 saturated carbocycles. The number of nitriles is 1. The summed E-state index contributed by atoms with van der Waals surface area (Å²) in [7, 11) is 1.64. The number of pyridine rings is 1. The summed E-state index contributed by atoms with van der Waals surface area (Å²) in [6.45, 7) is 2.50. The first-order valence-electron chi connectivity index (χ1n) is 7.94. The highest BCUT2D eigenvalue weighted by Gasteiger charge is 2.26. The zero-order chi connectivity index (χ0) is 17.1. The highest BCUT2D eigenvalue weighted by molar-refractivity contribution is 5.89. The molecule has 2 heterocycles. The number of fused-ring (bicyclic) bond motifs is 1. The van der Waals surface area contributed by atoms with Gasteiger partial charge in [0.1, 0.15) is 17.3 Å². The molecule has 2 aromatic rings. The van der Waals surface area contributed by atoms with E-state index in [1.807, 2.05) is 6.92 Å². The van der Waals surface area contributed by atoms with E-state index >= 15 is 0 Å². The van der Waals surface area contributed by atoms with Crippen molar-refractivity contribution < 1.29 is 4.74 Å². The van der Waals surface area contributed by atoms with Crippen LogP contribution in [0.5, 0.6) is 0 Å². The van der Waals surface area contributed by atoms with Crippen LogP contribution in [0.15, 0.2) is 12.3 Å². The molecule has 0 spiro atoms. The van der Waals surface area contributed by atoms with E-state index in [9.17, 15) is 0 Å². The molecule has 3 rings (SSSR count).